The Morgan fingerprint density at radius 1 is 1.10 bits per heavy atom. The van der Waals surface area contributed by atoms with Crippen LogP contribution >= 0.6 is 0 Å². The monoisotopic (exact) mass is 294 g/mol. The summed E-state index contributed by atoms with van der Waals surface area (Å²) in [6.07, 6.45) is 14.7. The molecule has 122 valence electrons. The molecule has 4 nitrogen and oxygen atoms in total. The summed E-state index contributed by atoms with van der Waals surface area (Å²) in [6.45, 7) is 5.23. The molecule has 3 N–H and O–H groups in total. The molecule has 1 atom stereocenters. The van der Waals surface area contributed by atoms with Crippen molar-refractivity contribution in [3.8, 4) is 0 Å². The van der Waals surface area contributed by atoms with Crippen molar-refractivity contribution < 1.29 is 0 Å². The lowest BCUT2D eigenvalue weighted by Crippen LogP contribution is -2.31. The molecule has 1 aliphatic rings. The first kappa shape index (κ1) is 18.0. The molecule has 1 heterocycles. The van der Waals surface area contributed by atoms with Gasteiger partial charge in [0.15, 0.2) is 0 Å². The van der Waals surface area contributed by atoms with Crippen molar-refractivity contribution in [2.24, 2.45) is 16.8 Å². The Morgan fingerprint density at radius 2 is 1.62 bits per heavy atom. The maximum absolute atomic E-state index is 7.42. The van der Waals surface area contributed by atoms with Crippen LogP contribution < -0.4 is 5.73 Å². The van der Waals surface area contributed by atoms with E-state index in [0.29, 0.717) is 5.92 Å². The van der Waals surface area contributed by atoms with E-state index < -0.39 is 0 Å². The van der Waals surface area contributed by atoms with E-state index in [2.05, 4.69) is 18.9 Å². The van der Waals surface area contributed by atoms with Gasteiger partial charge in [0.2, 0.25) is 5.96 Å². The number of hydrogen-bond acceptors (Lipinski definition) is 2. The smallest absolute Gasteiger partial charge is 0.209 e. The van der Waals surface area contributed by atoms with E-state index in [9.17, 15) is 0 Å². The van der Waals surface area contributed by atoms with Crippen LogP contribution in [0.3, 0.4) is 0 Å². The van der Waals surface area contributed by atoms with Gasteiger partial charge in [-0.05, 0) is 12.8 Å². The van der Waals surface area contributed by atoms with Crippen molar-refractivity contribution >= 4 is 11.7 Å². The molecule has 21 heavy (non-hydrogen) atoms. The predicted molar refractivity (Wildman–Crippen MR) is 91.7 cm³/mol. The highest BCUT2D eigenvalue weighted by molar-refractivity contribution is 5.90. The minimum atomic E-state index is 0.0694. The van der Waals surface area contributed by atoms with Gasteiger partial charge in [0.25, 0.3) is 0 Å². The Bertz CT molecular complexity index is 325. The van der Waals surface area contributed by atoms with E-state index in [1.54, 1.807) is 5.01 Å². The summed E-state index contributed by atoms with van der Waals surface area (Å²) >= 11 is 0. The molecular weight excluding hydrogens is 260 g/mol. The molecule has 0 spiro atoms. The van der Waals surface area contributed by atoms with E-state index in [-0.39, 0.29) is 5.96 Å². The van der Waals surface area contributed by atoms with Crippen molar-refractivity contribution in [2.45, 2.75) is 84.5 Å². The zero-order chi connectivity index (χ0) is 15.5. The molecular formula is C17H34N4. The van der Waals surface area contributed by atoms with Gasteiger partial charge in [-0.25, -0.2) is 5.01 Å². The Balaban J connectivity index is 1.97. The highest BCUT2D eigenvalue weighted by atomic mass is 15.5. The Morgan fingerprint density at radius 3 is 2.10 bits per heavy atom. The van der Waals surface area contributed by atoms with Crippen LogP contribution in [-0.2, 0) is 0 Å². The molecule has 0 aromatic heterocycles. The Labute approximate surface area is 130 Å². The third kappa shape index (κ3) is 7.49. The van der Waals surface area contributed by atoms with Gasteiger partial charge in [-0.15, -0.1) is 0 Å². The van der Waals surface area contributed by atoms with Gasteiger partial charge >= 0.3 is 0 Å². The zero-order valence-electron chi connectivity index (χ0n) is 14.0. The van der Waals surface area contributed by atoms with E-state index in [4.69, 9.17) is 11.1 Å². The number of rotatable bonds is 11. The summed E-state index contributed by atoms with van der Waals surface area (Å²) < 4.78 is 0. The lowest BCUT2D eigenvalue weighted by atomic mass is 10.00. The number of nitrogens with two attached hydrogens (primary N) is 1. The first-order valence-electron chi connectivity index (χ1n) is 8.84. The molecule has 0 aromatic rings. The summed E-state index contributed by atoms with van der Waals surface area (Å²) in [5.41, 5.74) is 6.70. The first-order chi connectivity index (χ1) is 10.1. The van der Waals surface area contributed by atoms with Crippen molar-refractivity contribution in [3.05, 3.63) is 0 Å². The van der Waals surface area contributed by atoms with Crippen molar-refractivity contribution in [1.82, 2.24) is 5.01 Å². The van der Waals surface area contributed by atoms with Gasteiger partial charge in [0.1, 0.15) is 0 Å². The van der Waals surface area contributed by atoms with Crippen LogP contribution in [0.2, 0.25) is 0 Å². The second kappa shape index (κ2) is 10.6. The summed E-state index contributed by atoms with van der Waals surface area (Å²) in [5, 5.41) is 13.5. The molecule has 4 heteroatoms. The third-order valence-electron chi connectivity index (χ3n) is 4.33. The van der Waals surface area contributed by atoms with Crippen LogP contribution in [0.5, 0.6) is 0 Å². The summed E-state index contributed by atoms with van der Waals surface area (Å²) in [7, 11) is 0. The quantitative estimate of drug-likeness (QED) is 0.335. The highest BCUT2D eigenvalue weighted by Crippen LogP contribution is 2.18. The molecule has 0 saturated carbocycles. The number of nitrogens with one attached hydrogen (secondary N) is 1. The summed E-state index contributed by atoms with van der Waals surface area (Å²) in [6, 6.07) is 0. The standard InChI is InChI=1S/C17H34N4/c1-3-4-5-6-7-8-9-10-11-12-13-16-15(2)14-21(20-16)17(18)19/h15H,3-14H2,1-2H3,(H3,18,19). The van der Waals surface area contributed by atoms with Crippen LogP contribution in [0.25, 0.3) is 0 Å². The second-order valence-corrected chi connectivity index (χ2v) is 6.39. The average molecular weight is 294 g/mol. The van der Waals surface area contributed by atoms with Crippen LogP contribution in [-0.4, -0.2) is 23.2 Å². The van der Waals surface area contributed by atoms with E-state index in [0.717, 1.165) is 13.0 Å². The fraction of sp³-hybridized carbons (Fsp3) is 0.882. The highest BCUT2D eigenvalue weighted by Gasteiger charge is 2.23. The molecule has 0 saturated heterocycles. The minimum absolute atomic E-state index is 0.0694. The SMILES string of the molecule is CCCCCCCCCCCCC1=NN(C(=N)N)CC1C. The third-order valence-corrected chi connectivity index (χ3v) is 4.33. The van der Waals surface area contributed by atoms with E-state index in [1.165, 1.54) is 69.9 Å². The first-order valence-corrected chi connectivity index (χ1v) is 8.84. The Hall–Kier alpha value is -1.06. The molecule has 0 aromatic carbocycles. The molecule has 0 radical (unpaired) electrons. The minimum Gasteiger partial charge on any atom is -0.369 e. The largest absolute Gasteiger partial charge is 0.369 e. The predicted octanol–water partition coefficient (Wildman–Crippen LogP) is 4.50. The average Bonchev–Trinajstić information content (AvgIpc) is 2.82. The fourth-order valence-corrected chi connectivity index (χ4v) is 2.90. The molecule has 1 unspecified atom stereocenters. The number of unbranched alkanes of at least 4 members (excludes halogenated alkanes) is 9. The number of guanidine groups is 1. The van der Waals surface area contributed by atoms with Crippen LogP contribution in [0.1, 0.15) is 84.5 Å². The number of hydrogen-bond donors (Lipinski definition) is 2. The molecule has 0 amide bonds. The fourth-order valence-electron chi connectivity index (χ4n) is 2.90. The molecule has 1 rings (SSSR count). The van der Waals surface area contributed by atoms with Crippen molar-refractivity contribution in [1.29, 1.82) is 5.41 Å². The summed E-state index contributed by atoms with van der Waals surface area (Å²) in [5.74, 6) is 0.521. The maximum Gasteiger partial charge on any atom is 0.209 e. The van der Waals surface area contributed by atoms with Gasteiger partial charge < -0.3 is 5.73 Å². The number of nitrogens with zero attached hydrogens (tertiary/aromatic N) is 2. The summed E-state index contributed by atoms with van der Waals surface area (Å²) in [4.78, 5) is 0. The van der Waals surface area contributed by atoms with Gasteiger partial charge in [0, 0.05) is 11.6 Å². The van der Waals surface area contributed by atoms with Gasteiger partial charge in [-0.1, -0.05) is 71.6 Å². The molecule has 0 bridgehead atoms. The van der Waals surface area contributed by atoms with Crippen LogP contribution in [0.15, 0.2) is 5.10 Å². The van der Waals surface area contributed by atoms with Gasteiger partial charge in [0.05, 0.1) is 6.54 Å². The molecule has 0 aliphatic carbocycles. The normalized spacial score (nSPS) is 18.1. The van der Waals surface area contributed by atoms with E-state index >= 15 is 0 Å². The van der Waals surface area contributed by atoms with Crippen LogP contribution in [0.4, 0.5) is 0 Å². The lowest BCUT2D eigenvalue weighted by molar-refractivity contribution is 0.448. The van der Waals surface area contributed by atoms with E-state index in [1.807, 2.05) is 0 Å². The lowest BCUT2D eigenvalue weighted by Gasteiger charge is -2.10. The van der Waals surface area contributed by atoms with Crippen molar-refractivity contribution in [3.63, 3.8) is 0 Å². The maximum atomic E-state index is 7.42. The second-order valence-electron chi connectivity index (χ2n) is 6.39. The molecule has 1 aliphatic heterocycles. The van der Waals surface area contributed by atoms with Gasteiger partial charge in [-0.3, -0.25) is 5.41 Å². The van der Waals surface area contributed by atoms with Crippen LogP contribution in [0, 0.1) is 11.3 Å². The topological polar surface area (TPSA) is 65.5 Å². The van der Waals surface area contributed by atoms with Crippen molar-refractivity contribution in [2.75, 3.05) is 6.54 Å². The van der Waals surface area contributed by atoms with Gasteiger partial charge in [-0.2, -0.15) is 5.10 Å². The number of hydrazone groups is 1. The molecule has 0 fully saturated rings. The Kier molecular flexibility index (Phi) is 9.11. The zero-order valence-corrected chi connectivity index (χ0v) is 14.0.